The quantitative estimate of drug-likeness (QED) is 0.557. The number of hydrogen-bond donors (Lipinski definition) is 2. The summed E-state index contributed by atoms with van der Waals surface area (Å²) in [6.45, 7) is 0.934. The molecule has 0 aliphatic heterocycles. The van der Waals surface area contributed by atoms with Crippen LogP contribution in [-0.2, 0) is 19.6 Å². The normalized spacial score (nSPS) is 10.9. The second kappa shape index (κ2) is 9.63. The predicted octanol–water partition coefficient (Wildman–Crippen LogP) is 4.13. The minimum absolute atomic E-state index is 0.0150. The highest BCUT2D eigenvalue weighted by Gasteiger charge is 2.27. The van der Waals surface area contributed by atoms with E-state index >= 15 is 0 Å². The van der Waals surface area contributed by atoms with Crippen LogP contribution in [-0.4, -0.2) is 26.8 Å². The van der Waals surface area contributed by atoms with Gasteiger partial charge in [-0.2, -0.15) is 0 Å². The fourth-order valence-corrected chi connectivity index (χ4v) is 4.40. The van der Waals surface area contributed by atoms with E-state index in [0.29, 0.717) is 22.1 Å². The highest BCUT2D eigenvalue weighted by atomic mass is 35.5. The molecular weight excluding hydrogens is 438 g/mol. The van der Waals surface area contributed by atoms with Gasteiger partial charge >= 0.3 is 0 Å². The Balaban J connectivity index is 1.87. The van der Waals surface area contributed by atoms with Crippen LogP contribution in [0.2, 0.25) is 5.02 Å². The largest absolute Gasteiger partial charge is 0.326 e. The number of rotatable bonds is 7. The molecule has 160 valence electrons. The number of carbonyl (C=O) groups excluding carboxylic acids is 2. The zero-order chi connectivity index (χ0) is 22.4. The van der Waals surface area contributed by atoms with E-state index in [4.69, 9.17) is 11.6 Å². The molecule has 0 heterocycles. The first-order valence-electron chi connectivity index (χ1n) is 9.26. The molecular formula is C22H20ClN3O4S. The van der Waals surface area contributed by atoms with Crippen LogP contribution in [0, 0.1) is 0 Å². The Bertz CT molecular complexity index is 1180. The van der Waals surface area contributed by atoms with E-state index in [-0.39, 0.29) is 10.8 Å². The van der Waals surface area contributed by atoms with Crippen LogP contribution in [0.4, 0.5) is 17.1 Å². The molecule has 0 fully saturated rings. The van der Waals surface area contributed by atoms with Crippen LogP contribution in [0.15, 0.2) is 83.8 Å². The van der Waals surface area contributed by atoms with Crippen molar-refractivity contribution in [1.82, 2.24) is 0 Å². The lowest BCUT2D eigenvalue weighted by atomic mass is 10.2. The van der Waals surface area contributed by atoms with Crippen LogP contribution >= 0.6 is 11.6 Å². The molecule has 9 heteroatoms. The standard InChI is InChI=1S/C22H20ClN3O4S/c1-16(27)24-18-6-5-7-19(14-18)25-22(28)15-26(20-8-3-2-4-9-20)31(29,30)21-12-10-17(23)11-13-21/h2-14H,15H2,1H3,(H,24,27)(H,25,28). The molecule has 0 saturated carbocycles. The average Bonchev–Trinajstić information content (AvgIpc) is 2.72. The van der Waals surface area contributed by atoms with Gasteiger partial charge in [-0.05, 0) is 54.6 Å². The van der Waals surface area contributed by atoms with Crippen LogP contribution < -0.4 is 14.9 Å². The number of nitrogens with zero attached hydrogens (tertiary/aromatic N) is 1. The van der Waals surface area contributed by atoms with E-state index < -0.39 is 22.5 Å². The molecule has 31 heavy (non-hydrogen) atoms. The first kappa shape index (κ1) is 22.3. The molecule has 0 aromatic heterocycles. The van der Waals surface area contributed by atoms with Gasteiger partial charge in [-0.3, -0.25) is 13.9 Å². The average molecular weight is 458 g/mol. The summed E-state index contributed by atoms with van der Waals surface area (Å²) < 4.78 is 27.6. The summed E-state index contributed by atoms with van der Waals surface area (Å²) in [5.41, 5.74) is 1.28. The molecule has 7 nitrogen and oxygen atoms in total. The number of para-hydroxylation sites is 1. The number of halogens is 1. The second-order valence-corrected chi connectivity index (χ2v) is 8.91. The van der Waals surface area contributed by atoms with Gasteiger partial charge in [0, 0.05) is 23.3 Å². The van der Waals surface area contributed by atoms with Crippen molar-refractivity contribution in [2.75, 3.05) is 21.5 Å². The zero-order valence-corrected chi connectivity index (χ0v) is 18.2. The van der Waals surface area contributed by atoms with E-state index in [1.807, 2.05) is 0 Å². The lowest BCUT2D eigenvalue weighted by Gasteiger charge is -2.24. The number of carbonyl (C=O) groups is 2. The fraction of sp³-hybridized carbons (Fsp3) is 0.0909. The van der Waals surface area contributed by atoms with E-state index in [2.05, 4.69) is 10.6 Å². The number of benzene rings is 3. The summed E-state index contributed by atoms with van der Waals surface area (Å²) in [6, 6.07) is 20.7. The van der Waals surface area contributed by atoms with Crippen molar-refractivity contribution < 1.29 is 18.0 Å². The van der Waals surface area contributed by atoms with Crippen LogP contribution in [0.1, 0.15) is 6.92 Å². The van der Waals surface area contributed by atoms with E-state index in [9.17, 15) is 18.0 Å². The van der Waals surface area contributed by atoms with Crippen LogP contribution in [0.5, 0.6) is 0 Å². The maximum absolute atomic E-state index is 13.3. The summed E-state index contributed by atoms with van der Waals surface area (Å²) >= 11 is 5.88. The van der Waals surface area contributed by atoms with Gasteiger partial charge < -0.3 is 10.6 Å². The van der Waals surface area contributed by atoms with Crippen molar-refractivity contribution in [3.8, 4) is 0 Å². The third-order valence-corrected chi connectivity index (χ3v) is 6.24. The molecule has 0 bridgehead atoms. The number of anilines is 3. The third-order valence-electron chi connectivity index (χ3n) is 4.20. The highest BCUT2D eigenvalue weighted by Crippen LogP contribution is 2.25. The van der Waals surface area contributed by atoms with Crippen LogP contribution in [0.3, 0.4) is 0 Å². The molecule has 0 radical (unpaired) electrons. The topological polar surface area (TPSA) is 95.6 Å². The SMILES string of the molecule is CC(=O)Nc1cccc(NC(=O)CN(c2ccccc2)S(=O)(=O)c2ccc(Cl)cc2)c1. The fourth-order valence-electron chi connectivity index (χ4n) is 2.85. The lowest BCUT2D eigenvalue weighted by molar-refractivity contribution is -0.115. The van der Waals surface area contributed by atoms with Crippen molar-refractivity contribution in [2.45, 2.75) is 11.8 Å². The number of hydrogen-bond acceptors (Lipinski definition) is 4. The maximum atomic E-state index is 13.3. The molecule has 0 atom stereocenters. The summed E-state index contributed by atoms with van der Waals surface area (Å²) in [7, 11) is -4.03. The Kier molecular flexibility index (Phi) is 6.94. The van der Waals surface area contributed by atoms with Crippen molar-refractivity contribution in [1.29, 1.82) is 0 Å². The zero-order valence-electron chi connectivity index (χ0n) is 16.6. The van der Waals surface area contributed by atoms with E-state index in [1.165, 1.54) is 31.2 Å². The Morgan fingerprint density at radius 1 is 0.871 bits per heavy atom. The minimum atomic E-state index is -4.03. The Morgan fingerprint density at radius 2 is 1.48 bits per heavy atom. The second-order valence-electron chi connectivity index (χ2n) is 6.61. The molecule has 0 saturated heterocycles. The van der Waals surface area contributed by atoms with E-state index in [1.54, 1.807) is 54.6 Å². The third kappa shape index (κ3) is 5.84. The number of nitrogens with one attached hydrogen (secondary N) is 2. The molecule has 3 rings (SSSR count). The smallest absolute Gasteiger partial charge is 0.264 e. The Morgan fingerprint density at radius 3 is 2.10 bits per heavy atom. The first-order chi connectivity index (χ1) is 14.8. The summed E-state index contributed by atoms with van der Waals surface area (Å²) in [5, 5.41) is 5.70. The van der Waals surface area contributed by atoms with Gasteiger partial charge in [0.25, 0.3) is 10.0 Å². The molecule has 0 aliphatic rings. The summed E-state index contributed by atoms with van der Waals surface area (Å²) in [4.78, 5) is 24.0. The van der Waals surface area contributed by atoms with Crippen molar-refractivity contribution in [2.24, 2.45) is 0 Å². The van der Waals surface area contributed by atoms with Gasteiger partial charge in [-0.15, -0.1) is 0 Å². The summed E-state index contributed by atoms with van der Waals surface area (Å²) in [6.07, 6.45) is 0. The van der Waals surface area contributed by atoms with Crippen molar-refractivity contribution in [3.63, 3.8) is 0 Å². The molecule has 3 aromatic rings. The van der Waals surface area contributed by atoms with Crippen molar-refractivity contribution >= 4 is 50.5 Å². The Hall–Kier alpha value is -3.36. The first-order valence-corrected chi connectivity index (χ1v) is 11.1. The van der Waals surface area contributed by atoms with Gasteiger partial charge in [0.05, 0.1) is 10.6 Å². The molecule has 0 aliphatic carbocycles. The Labute approximate surface area is 185 Å². The maximum Gasteiger partial charge on any atom is 0.264 e. The predicted molar refractivity (Wildman–Crippen MR) is 122 cm³/mol. The minimum Gasteiger partial charge on any atom is -0.326 e. The van der Waals surface area contributed by atoms with E-state index in [0.717, 1.165) is 4.31 Å². The molecule has 0 unspecified atom stereocenters. The van der Waals surface area contributed by atoms with Crippen molar-refractivity contribution in [3.05, 3.63) is 83.9 Å². The van der Waals surface area contributed by atoms with Gasteiger partial charge in [0.1, 0.15) is 6.54 Å². The molecule has 2 amide bonds. The molecule has 0 spiro atoms. The van der Waals surface area contributed by atoms with Crippen LogP contribution in [0.25, 0.3) is 0 Å². The molecule has 3 aromatic carbocycles. The monoisotopic (exact) mass is 457 g/mol. The van der Waals surface area contributed by atoms with Gasteiger partial charge in [0.15, 0.2) is 0 Å². The van der Waals surface area contributed by atoms with Gasteiger partial charge in [-0.1, -0.05) is 35.9 Å². The van der Waals surface area contributed by atoms with Gasteiger partial charge in [0.2, 0.25) is 11.8 Å². The lowest BCUT2D eigenvalue weighted by Crippen LogP contribution is -2.38. The highest BCUT2D eigenvalue weighted by molar-refractivity contribution is 7.92. The van der Waals surface area contributed by atoms with Gasteiger partial charge in [-0.25, -0.2) is 8.42 Å². The number of amides is 2. The molecule has 2 N–H and O–H groups in total. The summed E-state index contributed by atoms with van der Waals surface area (Å²) in [5.74, 6) is -0.783. The number of sulfonamides is 1.